The number of nitrogens with zero attached hydrogens (tertiary/aromatic N) is 3. The minimum Gasteiger partial charge on any atom is -0.424 e. The van der Waals surface area contributed by atoms with E-state index in [4.69, 9.17) is 32.7 Å². The van der Waals surface area contributed by atoms with Crippen LogP contribution in [0, 0.1) is 0 Å². The fourth-order valence-electron chi connectivity index (χ4n) is 2.00. The van der Waals surface area contributed by atoms with Crippen molar-refractivity contribution in [3.05, 3.63) is 16.6 Å². The van der Waals surface area contributed by atoms with Gasteiger partial charge in [-0.05, 0) is 17.6 Å². The summed E-state index contributed by atoms with van der Waals surface area (Å²) in [5.74, 6) is -0.0490. The summed E-state index contributed by atoms with van der Waals surface area (Å²) in [5, 5.41) is 0.628. The van der Waals surface area contributed by atoms with E-state index in [-0.39, 0.29) is 29.6 Å². The second-order valence-corrected chi connectivity index (χ2v) is 12.9. The molecule has 2 aromatic rings. The van der Waals surface area contributed by atoms with E-state index in [0.717, 1.165) is 6.04 Å². The van der Waals surface area contributed by atoms with E-state index in [9.17, 15) is 4.79 Å². The monoisotopic (exact) mass is 389 g/mol. The van der Waals surface area contributed by atoms with Crippen molar-refractivity contribution >= 4 is 48.3 Å². The Kier molecular flexibility index (Phi) is 6.25. The number of fused-ring (bicyclic) bond motifs is 1. The fourth-order valence-corrected chi connectivity index (χ4v) is 3.22. The van der Waals surface area contributed by atoms with Crippen LogP contribution >= 0.6 is 23.2 Å². The first-order valence-electron chi connectivity index (χ1n) is 7.71. The maximum Gasteiger partial charge on any atom is 0.310 e. The largest absolute Gasteiger partial charge is 0.424 e. The molecule has 0 aliphatic rings. The smallest absolute Gasteiger partial charge is 0.310 e. The molecule has 0 bridgehead atoms. The number of aromatic nitrogens is 3. The maximum atomic E-state index is 11.6. The molecule has 0 aromatic carbocycles. The van der Waals surface area contributed by atoms with Crippen molar-refractivity contribution in [3.63, 3.8) is 0 Å². The highest BCUT2D eigenvalue weighted by Gasteiger charge is 2.19. The van der Waals surface area contributed by atoms with Crippen LogP contribution in [-0.4, -0.2) is 35.2 Å². The molecule has 0 saturated heterocycles. The summed E-state index contributed by atoms with van der Waals surface area (Å²) in [6, 6.07) is 1.06. The number of rotatable bonds is 7. The normalized spacial score (nSPS) is 11.9. The van der Waals surface area contributed by atoms with Crippen LogP contribution in [0.5, 0.6) is 5.75 Å². The van der Waals surface area contributed by atoms with Gasteiger partial charge in [0.2, 0.25) is 5.28 Å². The van der Waals surface area contributed by atoms with E-state index in [2.05, 4.69) is 29.6 Å². The third kappa shape index (κ3) is 4.92. The first-order chi connectivity index (χ1) is 11.2. The topological polar surface area (TPSA) is 66.2 Å². The van der Waals surface area contributed by atoms with Crippen LogP contribution < -0.4 is 4.74 Å². The van der Waals surface area contributed by atoms with Crippen molar-refractivity contribution in [2.45, 2.75) is 45.8 Å². The molecule has 24 heavy (non-hydrogen) atoms. The molecule has 2 rings (SSSR count). The van der Waals surface area contributed by atoms with Gasteiger partial charge in [0.25, 0.3) is 0 Å². The number of hydrogen-bond acceptors (Lipinski definition) is 5. The zero-order valence-corrected chi connectivity index (χ0v) is 16.7. The van der Waals surface area contributed by atoms with Gasteiger partial charge < -0.3 is 14.0 Å². The predicted octanol–water partition coefficient (Wildman–Crippen LogP) is 4.37. The van der Waals surface area contributed by atoms with Crippen LogP contribution in [0.4, 0.5) is 0 Å². The molecule has 0 amide bonds. The Bertz CT molecular complexity index is 744. The maximum absolute atomic E-state index is 11.6. The van der Waals surface area contributed by atoms with Crippen LogP contribution in [0.2, 0.25) is 36.1 Å². The lowest BCUT2D eigenvalue weighted by Gasteiger charge is -2.15. The van der Waals surface area contributed by atoms with Crippen molar-refractivity contribution in [2.75, 3.05) is 6.61 Å². The van der Waals surface area contributed by atoms with Gasteiger partial charge in [-0.2, -0.15) is 4.98 Å². The predicted molar refractivity (Wildman–Crippen MR) is 97.6 cm³/mol. The molecule has 0 unspecified atom stereocenters. The molecule has 0 atom stereocenters. The summed E-state index contributed by atoms with van der Waals surface area (Å²) in [6.07, 6.45) is 1.90. The van der Waals surface area contributed by atoms with Gasteiger partial charge in [0.1, 0.15) is 11.9 Å². The molecular formula is C15H21Cl2N3O3Si. The van der Waals surface area contributed by atoms with E-state index in [1.807, 2.05) is 0 Å². The Hall–Kier alpha value is -1.15. The molecule has 0 radical (unpaired) electrons. The summed E-state index contributed by atoms with van der Waals surface area (Å²) in [7, 11) is -1.16. The number of esters is 1. The molecule has 0 N–H and O–H groups in total. The number of hydrogen-bond donors (Lipinski definition) is 0. The van der Waals surface area contributed by atoms with Crippen molar-refractivity contribution < 1.29 is 14.3 Å². The summed E-state index contributed by atoms with van der Waals surface area (Å²) in [6.45, 7) is 9.51. The average Bonchev–Trinajstić information content (AvgIpc) is 2.80. The van der Waals surface area contributed by atoms with Crippen LogP contribution in [0.25, 0.3) is 11.0 Å². The van der Waals surface area contributed by atoms with Crippen molar-refractivity contribution in [1.82, 2.24) is 14.5 Å². The zero-order chi connectivity index (χ0) is 17.9. The van der Waals surface area contributed by atoms with E-state index in [0.29, 0.717) is 23.4 Å². The molecule has 0 aliphatic carbocycles. The van der Waals surface area contributed by atoms with Gasteiger partial charge in [0.05, 0.1) is 11.6 Å². The van der Waals surface area contributed by atoms with Crippen LogP contribution in [0.1, 0.15) is 13.3 Å². The van der Waals surface area contributed by atoms with Crippen LogP contribution in [-0.2, 0) is 16.3 Å². The summed E-state index contributed by atoms with van der Waals surface area (Å²) < 4.78 is 12.8. The molecule has 0 saturated carbocycles. The Labute approximate surface area is 152 Å². The molecule has 6 nitrogen and oxygen atoms in total. The number of ether oxygens (including phenoxy) is 2. The Morgan fingerprint density at radius 1 is 1.29 bits per heavy atom. The van der Waals surface area contributed by atoms with Gasteiger partial charge in [-0.1, -0.05) is 38.2 Å². The molecule has 0 fully saturated rings. The molecule has 0 aliphatic heterocycles. The van der Waals surface area contributed by atoms with Crippen molar-refractivity contribution in [2.24, 2.45) is 0 Å². The van der Waals surface area contributed by atoms with Gasteiger partial charge in [-0.15, -0.1) is 0 Å². The number of carbonyl (C=O) groups is 1. The first kappa shape index (κ1) is 19.2. The van der Waals surface area contributed by atoms with Crippen LogP contribution in [0.15, 0.2) is 6.20 Å². The average molecular weight is 390 g/mol. The molecule has 2 aromatic heterocycles. The van der Waals surface area contributed by atoms with Gasteiger partial charge in [0.15, 0.2) is 11.4 Å². The summed E-state index contributed by atoms with van der Waals surface area (Å²) in [4.78, 5) is 19.7. The standard InChI is InChI=1S/C15H21Cl2N3O3Si/c1-5-11(21)23-10-8-20(9-22-6-7-24(2,3)4)14-12(10)13(16)18-15(17)19-14/h8H,5-7,9H2,1-4H3. The van der Waals surface area contributed by atoms with E-state index < -0.39 is 8.07 Å². The second kappa shape index (κ2) is 7.82. The molecular weight excluding hydrogens is 369 g/mol. The SMILES string of the molecule is CCC(=O)Oc1cn(COCC[Si](C)(C)C)c2nc(Cl)nc(Cl)c12. The number of halogens is 2. The zero-order valence-electron chi connectivity index (χ0n) is 14.2. The lowest BCUT2D eigenvalue weighted by atomic mass is 10.4. The lowest BCUT2D eigenvalue weighted by molar-refractivity contribution is -0.133. The summed E-state index contributed by atoms with van der Waals surface area (Å²) >= 11 is 12.0. The second-order valence-electron chi connectivity index (χ2n) is 6.62. The third-order valence-electron chi connectivity index (χ3n) is 3.35. The van der Waals surface area contributed by atoms with E-state index in [1.165, 1.54) is 0 Å². The van der Waals surface area contributed by atoms with E-state index >= 15 is 0 Å². The Balaban J connectivity index is 2.27. The minimum absolute atomic E-state index is 0.0299. The van der Waals surface area contributed by atoms with Gasteiger partial charge >= 0.3 is 5.97 Å². The lowest BCUT2D eigenvalue weighted by Crippen LogP contribution is -2.22. The highest BCUT2D eigenvalue weighted by atomic mass is 35.5. The third-order valence-corrected chi connectivity index (χ3v) is 5.50. The Morgan fingerprint density at radius 2 is 2.00 bits per heavy atom. The van der Waals surface area contributed by atoms with Gasteiger partial charge in [0, 0.05) is 21.1 Å². The van der Waals surface area contributed by atoms with Gasteiger partial charge in [-0.25, -0.2) is 4.98 Å². The number of carbonyl (C=O) groups excluding carboxylic acids is 1. The molecule has 0 spiro atoms. The minimum atomic E-state index is -1.16. The molecule has 9 heteroatoms. The Morgan fingerprint density at radius 3 is 2.62 bits per heavy atom. The first-order valence-corrected chi connectivity index (χ1v) is 12.2. The fraction of sp³-hybridized carbons (Fsp3) is 0.533. The van der Waals surface area contributed by atoms with Crippen molar-refractivity contribution in [1.29, 1.82) is 0 Å². The quantitative estimate of drug-likeness (QED) is 0.231. The summed E-state index contributed by atoms with van der Waals surface area (Å²) in [5.41, 5.74) is 0.479. The van der Waals surface area contributed by atoms with Crippen LogP contribution in [0.3, 0.4) is 0 Å². The highest BCUT2D eigenvalue weighted by molar-refractivity contribution is 6.76. The molecule has 132 valence electrons. The van der Waals surface area contributed by atoms with Crippen molar-refractivity contribution in [3.8, 4) is 5.75 Å². The highest BCUT2D eigenvalue weighted by Crippen LogP contribution is 2.33. The molecule has 2 heterocycles. The van der Waals surface area contributed by atoms with E-state index in [1.54, 1.807) is 17.7 Å². The van der Waals surface area contributed by atoms with Gasteiger partial charge in [-0.3, -0.25) is 4.79 Å².